The third-order valence-electron chi connectivity index (χ3n) is 2.74. The van der Waals surface area contributed by atoms with Crippen molar-refractivity contribution in [2.75, 3.05) is 7.11 Å². The monoisotopic (exact) mass is 320 g/mol. The van der Waals surface area contributed by atoms with Crippen molar-refractivity contribution in [1.29, 1.82) is 0 Å². The summed E-state index contributed by atoms with van der Waals surface area (Å²) in [5.41, 5.74) is -0.217. The second-order valence-electron chi connectivity index (χ2n) is 4.01. The van der Waals surface area contributed by atoms with Crippen molar-refractivity contribution >= 4 is 23.2 Å². The quantitative estimate of drug-likeness (QED) is 0.690. The predicted molar refractivity (Wildman–Crippen MR) is 73.5 cm³/mol. The smallest absolute Gasteiger partial charge is 0.419 e. The number of hydrogen-bond acceptors (Lipinski definition) is 1. The lowest BCUT2D eigenvalue weighted by Gasteiger charge is -2.16. The van der Waals surface area contributed by atoms with Gasteiger partial charge in [-0.3, -0.25) is 0 Å². The number of halogens is 5. The molecule has 0 saturated carbocycles. The summed E-state index contributed by atoms with van der Waals surface area (Å²) in [4.78, 5) is 0. The van der Waals surface area contributed by atoms with Crippen LogP contribution in [0.3, 0.4) is 0 Å². The Morgan fingerprint density at radius 2 is 1.70 bits per heavy atom. The van der Waals surface area contributed by atoms with Crippen LogP contribution in [-0.4, -0.2) is 7.11 Å². The first-order valence-corrected chi connectivity index (χ1v) is 6.30. The van der Waals surface area contributed by atoms with E-state index in [1.165, 1.54) is 31.4 Å². The van der Waals surface area contributed by atoms with E-state index < -0.39 is 11.7 Å². The molecule has 0 bridgehead atoms. The van der Waals surface area contributed by atoms with E-state index in [1.807, 2.05) is 0 Å². The van der Waals surface area contributed by atoms with Gasteiger partial charge in [-0.2, -0.15) is 13.2 Å². The topological polar surface area (TPSA) is 9.23 Å². The Kier molecular flexibility index (Phi) is 4.16. The van der Waals surface area contributed by atoms with E-state index >= 15 is 0 Å². The zero-order valence-electron chi connectivity index (χ0n) is 10.3. The van der Waals surface area contributed by atoms with Crippen molar-refractivity contribution in [3.05, 3.63) is 52.0 Å². The first kappa shape index (κ1) is 15.0. The molecule has 20 heavy (non-hydrogen) atoms. The fourth-order valence-corrected chi connectivity index (χ4v) is 2.29. The number of rotatable bonds is 2. The molecule has 0 fully saturated rings. The van der Waals surface area contributed by atoms with Crippen LogP contribution in [0, 0.1) is 0 Å². The molecule has 106 valence electrons. The first-order chi connectivity index (χ1) is 9.34. The molecule has 0 aromatic heterocycles. The highest BCUT2D eigenvalue weighted by Crippen LogP contribution is 2.43. The number of para-hydroxylation sites is 1. The van der Waals surface area contributed by atoms with Crippen LogP contribution < -0.4 is 4.74 Å². The zero-order chi connectivity index (χ0) is 14.9. The van der Waals surface area contributed by atoms with Gasteiger partial charge in [-0.15, -0.1) is 0 Å². The van der Waals surface area contributed by atoms with Gasteiger partial charge in [0.15, 0.2) is 0 Å². The number of methoxy groups -OCH3 is 1. The van der Waals surface area contributed by atoms with Gasteiger partial charge in [0.2, 0.25) is 0 Å². The molecule has 2 aromatic carbocycles. The van der Waals surface area contributed by atoms with Crippen molar-refractivity contribution in [2.24, 2.45) is 0 Å². The summed E-state index contributed by atoms with van der Waals surface area (Å²) in [7, 11) is 1.19. The van der Waals surface area contributed by atoms with Crippen LogP contribution >= 0.6 is 23.2 Å². The van der Waals surface area contributed by atoms with E-state index in [4.69, 9.17) is 27.9 Å². The summed E-state index contributed by atoms with van der Waals surface area (Å²) in [6, 6.07) is 8.36. The van der Waals surface area contributed by atoms with Crippen LogP contribution in [0.4, 0.5) is 13.2 Å². The number of ether oxygens (including phenoxy) is 1. The highest BCUT2D eigenvalue weighted by atomic mass is 35.5. The Hall–Kier alpha value is -1.39. The molecule has 6 heteroatoms. The zero-order valence-corrected chi connectivity index (χ0v) is 11.8. The molecule has 0 aliphatic rings. The van der Waals surface area contributed by atoms with Gasteiger partial charge in [-0.1, -0.05) is 35.3 Å². The van der Waals surface area contributed by atoms with Crippen molar-refractivity contribution in [2.45, 2.75) is 6.18 Å². The fourth-order valence-electron chi connectivity index (χ4n) is 1.90. The van der Waals surface area contributed by atoms with Crippen LogP contribution in [0.5, 0.6) is 5.75 Å². The van der Waals surface area contributed by atoms with Gasteiger partial charge in [0.1, 0.15) is 5.75 Å². The van der Waals surface area contributed by atoms with Crippen LogP contribution in [0.1, 0.15) is 5.56 Å². The maximum Gasteiger partial charge on any atom is 0.419 e. The summed E-state index contributed by atoms with van der Waals surface area (Å²) < 4.78 is 43.8. The average molecular weight is 321 g/mol. The fraction of sp³-hybridized carbons (Fsp3) is 0.143. The molecule has 1 nitrogen and oxygen atoms in total. The normalized spacial score (nSPS) is 11.5. The Labute approximate surface area is 123 Å². The second-order valence-corrected chi connectivity index (χ2v) is 4.85. The van der Waals surface area contributed by atoms with Crippen LogP contribution in [0.2, 0.25) is 10.0 Å². The summed E-state index contributed by atoms with van der Waals surface area (Å²) in [5.74, 6) is -0.274. The van der Waals surface area contributed by atoms with Gasteiger partial charge < -0.3 is 4.74 Å². The molecule has 0 amide bonds. The van der Waals surface area contributed by atoms with Gasteiger partial charge >= 0.3 is 6.18 Å². The van der Waals surface area contributed by atoms with Gasteiger partial charge in [-0.25, -0.2) is 0 Å². The lowest BCUT2D eigenvalue weighted by Crippen LogP contribution is -2.08. The number of alkyl halides is 3. The van der Waals surface area contributed by atoms with Crippen molar-refractivity contribution in [1.82, 2.24) is 0 Å². The molecular formula is C14H9Cl2F3O. The molecule has 0 heterocycles. The van der Waals surface area contributed by atoms with Gasteiger partial charge in [0, 0.05) is 21.2 Å². The highest BCUT2D eigenvalue weighted by molar-refractivity contribution is 6.35. The van der Waals surface area contributed by atoms with E-state index in [2.05, 4.69) is 0 Å². The lowest BCUT2D eigenvalue weighted by molar-refractivity contribution is -0.138. The molecular weight excluding hydrogens is 312 g/mol. The van der Waals surface area contributed by atoms with Crippen molar-refractivity contribution < 1.29 is 17.9 Å². The maximum atomic E-state index is 13.0. The molecule has 0 aliphatic heterocycles. The molecule has 0 atom stereocenters. The summed E-state index contributed by atoms with van der Waals surface area (Å²) in [5, 5.41) is 0.677. The molecule has 0 unspecified atom stereocenters. The molecule has 2 rings (SSSR count). The van der Waals surface area contributed by atoms with E-state index in [0.29, 0.717) is 15.6 Å². The van der Waals surface area contributed by atoms with Crippen molar-refractivity contribution in [3.63, 3.8) is 0 Å². The second kappa shape index (κ2) is 5.54. The average Bonchev–Trinajstić information content (AvgIpc) is 2.39. The number of hydrogen-bond donors (Lipinski definition) is 0. The van der Waals surface area contributed by atoms with Gasteiger partial charge in [0.05, 0.1) is 12.7 Å². The molecule has 0 radical (unpaired) electrons. The van der Waals surface area contributed by atoms with E-state index in [1.54, 1.807) is 6.07 Å². The largest absolute Gasteiger partial charge is 0.495 e. The third-order valence-corrected chi connectivity index (χ3v) is 3.31. The van der Waals surface area contributed by atoms with Crippen LogP contribution in [0.25, 0.3) is 11.1 Å². The Bertz CT molecular complexity index is 639. The lowest BCUT2D eigenvalue weighted by atomic mass is 10.0. The summed E-state index contributed by atoms with van der Waals surface area (Å²) in [6.07, 6.45) is -4.51. The SMILES string of the molecule is COc1c(-c2cc(Cl)ccc2Cl)cccc1C(F)(F)F. The standard InChI is InChI=1S/C14H9Cl2F3O/c1-20-13-9(3-2-4-11(13)14(17,18)19)10-7-8(15)5-6-12(10)16/h2-7H,1H3. The van der Waals surface area contributed by atoms with E-state index in [9.17, 15) is 13.2 Å². The predicted octanol–water partition coefficient (Wildman–Crippen LogP) is 5.69. The molecule has 0 N–H and O–H groups in total. The summed E-state index contributed by atoms with van der Waals surface area (Å²) in [6.45, 7) is 0. The molecule has 0 spiro atoms. The first-order valence-electron chi connectivity index (χ1n) is 5.54. The minimum Gasteiger partial charge on any atom is -0.495 e. The minimum absolute atomic E-state index is 0.245. The Morgan fingerprint density at radius 3 is 2.30 bits per heavy atom. The third kappa shape index (κ3) is 2.86. The van der Waals surface area contributed by atoms with Gasteiger partial charge in [-0.05, 0) is 24.3 Å². The van der Waals surface area contributed by atoms with Crippen LogP contribution in [-0.2, 0) is 6.18 Å². The van der Waals surface area contributed by atoms with Gasteiger partial charge in [0.25, 0.3) is 0 Å². The van der Waals surface area contributed by atoms with Crippen LogP contribution in [0.15, 0.2) is 36.4 Å². The number of benzene rings is 2. The van der Waals surface area contributed by atoms with E-state index in [0.717, 1.165) is 6.07 Å². The minimum atomic E-state index is -4.51. The van der Waals surface area contributed by atoms with Crippen molar-refractivity contribution in [3.8, 4) is 16.9 Å². The maximum absolute atomic E-state index is 13.0. The Balaban J connectivity index is 2.72. The molecule has 0 aliphatic carbocycles. The summed E-state index contributed by atoms with van der Waals surface area (Å²) >= 11 is 11.9. The van der Waals surface area contributed by atoms with E-state index in [-0.39, 0.29) is 11.3 Å². The molecule has 2 aromatic rings. The highest BCUT2D eigenvalue weighted by Gasteiger charge is 2.35. The molecule has 0 saturated heterocycles. The Morgan fingerprint density at radius 1 is 1.00 bits per heavy atom.